The van der Waals surface area contributed by atoms with Crippen LogP contribution in [-0.2, 0) is 9.59 Å². The molecule has 4 nitrogen and oxygen atoms in total. The smallest absolute Gasteiger partial charge is 0.264 e. The van der Waals surface area contributed by atoms with Crippen LogP contribution in [0.3, 0.4) is 0 Å². The maximum Gasteiger partial charge on any atom is 0.264 e. The van der Waals surface area contributed by atoms with Crippen molar-refractivity contribution in [3.05, 3.63) is 0 Å². The summed E-state index contributed by atoms with van der Waals surface area (Å²) < 4.78 is 13.7. The van der Waals surface area contributed by atoms with Crippen molar-refractivity contribution in [1.29, 1.82) is 0 Å². The van der Waals surface area contributed by atoms with Gasteiger partial charge in [0, 0.05) is 12.1 Å². The van der Waals surface area contributed by atoms with Gasteiger partial charge in [-0.05, 0) is 25.7 Å². The lowest BCUT2D eigenvalue weighted by molar-refractivity contribution is -0.137. The van der Waals surface area contributed by atoms with Gasteiger partial charge in [0.25, 0.3) is 18.0 Å². The lowest BCUT2D eigenvalue weighted by Gasteiger charge is -2.16. The van der Waals surface area contributed by atoms with Crippen LogP contribution in [0.4, 0.5) is 4.39 Å². The minimum Gasteiger partial charge on any atom is -0.350 e. The number of nitrogens with one attached hydrogen (secondary N) is 2. The number of carbonyl (C=O) groups excluding carboxylic acids is 2. The standard InChI is InChI=1S/C13H21FN2O2/c14-11(12(17)15-9-5-1-2-6-9)13(18)16-10-7-3-4-8-10/h9-11H,1-8H2,(H,15,17)(H,16,18). The van der Waals surface area contributed by atoms with Crippen molar-refractivity contribution in [1.82, 2.24) is 10.6 Å². The Morgan fingerprint density at radius 1 is 0.833 bits per heavy atom. The number of hydrogen-bond donors (Lipinski definition) is 2. The highest BCUT2D eigenvalue weighted by Crippen LogP contribution is 2.19. The van der Waals surface area contributed by atoms with Gasteiger partial charge in [-0.2, -0.15) is 0 Å². The first-order valence-electron chi connectivity index (χ1n) is 6.91. The first kappa shape index (κ1) is 13.3. The molecule has 102 valence electrons. The van der Waals surface area contributed by atoms with Crippen LogP contribution in [0.1, 0.15) is 51.4 Å². The Labute approximate surface area is 107 Å². The number of carbonyl (C=O) groups is 2. The van der Waals surface area contributed by atoms with Gasteiger partial charge in [0.15, 0.2) is 0 Å². The predicted molar refractivity (Wildman–Crippen MR) is 65.7 cm³/mol. The highest BCUT2D eigenvalue weighted by Gasteiger charge is 2.30. The summed E-state index contributed by atoms with van der Waals surface area (Å²) in [6.45, 7) is 0. The van der Waals surface area contributed by atoms with Crippen molar-refractivity contribution in [2.75, 3.05) is 0 Å². The van der Waals surface area contributed by atoms with Gasteiger partial charge in [0.1, 0.15) is 0 Å². The molecule has 0 spiro atoms. The molecule has 0 aliphatic heterocycles. The van der Waals surface area contributed by atoms with Crippen LogP contribution in [-0.4, -0.2) is 30.1 Å². The fourth-order valence-corrected chi connectivity index (χ4v) is 2.81. The number of halogens is 1. The first-order chi connectivity index (χ1) is 8.66. The molecule has 0 atom stereocenters. The molecule has 0 saturated heterocycles. The molecule has 2 aliphatic rings. The van der Waals surface area contributed by atoms with Crippen molar-refractivity contribution >= 4 is 11.8 Å². The molecular formula is C13H21FN2O2. The zero-order valence-electron chi connectivity index (χ0n) is 10.6. The molecule has 2 amide bonds. The van der Waals surface area contributed by atoms with Gasteiger partial charge in [0.2, 0.25) is 0 Å². The zero-order chi connectivity index (χ0) is 13.0. The Hall–Kier alpha value is -1.13. The highest BCUT2D eigenvalue weighted by molar-refractivity contribution is 6.03. The summed E-state index contributed by atoms with van der Waals surface area (Å²) in [5, 5.41) is 5.22. The number of rotatable bonds is 4. The van der Waals surface area contributed by atoms with E-state index in [0.717, 1.165) is 51.4 Å². The molecule has 0 aromatic rings. The number of hydrogen-bond acceptors (Lipinski definition) is 2. The maximum atomic E-state index is 13.7. The van der Waals surface area contributed by atoms with Gasteiger partial charge in [-0.15, -0.1) is 0 Å². The van der Waals surface area contributed by atoms with E-state index in [-0.39, 0.29) is 12.1 Å². The van der Waals surface area contributed by atoms with Gasteiger partial charge >= 0.3 is 0 Å². The molecule has 2 saturated carbocycles. The monoisotopic (exact) mass is 256 g/mol. The molecule has 2 fully saturated rings. The van der Waals surface area contributed by atoms with E-state index in [9.17, 15) is 14.0 Å². The van der Waals surface area contributed by atoms with Crippen molar-refractivity contribution < 1.29 is 14.0 Å². The van der Waals surface area contributed by atoms with E-state index in [2.05, 4.69) is 10.6 Å². The van der Waals surface area contributed by atoms with Crippen molar-refractivity contribution in [2.24, 2.45) is 0 Å². The van der Waals surface area contributed by atoms with Gasteiger partial charge < -0.3 is 10.6 Å². The van der Waals surface area contributed by atoms with Crippen LogP contribution >= 0.6 is 0 Å². The molecule has 0 bridgehead atoms. The largest absolute Gasteiger partial charge is 0.350 e. The topological polar surface area (TPSA) is 58.2 Å². The van der Waals surface area contributed by atoms with Crippen LogP contribution in [0.25, 0.3) is 0 Å². The molecule has 18 heavy (non-hydrogen) atoms. The molecule has 2 N–H and O–H groups in total. The van der Waals surface area contributed by atoms with Crippen molar-refractivity contribution in [3.8, 4) is 0 Å². The Morgan fingerprint density at radius 2 is 1.17 bits per heavy atom. The summed E-state index contributed by atoms with van der Waals surface area (Å²) in [6, 6.07) is 0.102. The second kappa shape index (κ2) is 6.16. The van der Waals surface area contributed by atoms with E-state index in [1.807, 2.05) is 0 Å². The SMILES string of the molecule is O=C(NC1CCCC1)C(F)C(=O)NC1CCCC1. The molecular weight excluding hydrogens is 235 g/mol. The molecule has 0 aromatic heterocycles. The second-order valence-electron chi connectivity index (χ2n) is 5.34. The van der Waals surface area contributed by atoms with E-state index in [4.69, 9.17) is 0 Å². The van der Waals surface area contributed by atoms with Gasteiger partial charge in [-0.3, -0.25) is 9.59 Å². The number of amides is 2. The number of alkyl halides is 1. The fraction of sp³-hybridized carbons (Fsp3) is 0.846. The summed E-state index contributed by atoms with van der Waals surface area (Å²) in [5.74, 6) is -1.56. The molecule has 5 heteroatoms. The molecule has 2 rings (SSSR count). The second-order valence-corrected chi connectivity index (χ2v) is 5.34. The van der Waals surface area contributed by atoms with E-state index >= 15 is 0 Å². The Bertz CT molecular complexity index is 280. The summed E-state index contributed by atoms with van der Waals surface area (Å²) in [5.41, 5.74) is 0. The average molecular weight is 256 g/mol. The quantitative estimate of drug-likeness (QED) is 0.748. The lowest BCUT2D eigenvalue weighted by atomic mass is 10.2. The molecule has 0 heterocycles. The molecule has 0 aromatic carbocycles. The van der Waals surface area contributed by atoms with E-state index in [1.54, 1.807) is 0 Å². The third-order valence-electron chi connectivity index (χ3n) is 3.86. The molecule has 2 aliphatic carbocycles. The lowest BCUT2D eigenvalue weighted by Crippen LogP contribution is -2.47. The minimum atomic E-state index is -2.06. The normalized spacial score (nSPS) is 21.4. The van der Waals surface area contributed by atoms with Gasteiger partial charge in [0.05, 0.1) is 0 Å². The fourth-order valence-electron chi connectivity index (χ4n) is 2.81. The van der Waals surface area contributed by atoms with Crippen molar-refractivity contribution in [2.45, 2.75) is 69.6 Å². The van der Waals surface area contributed by atoms with Crippen LogP contribution in [0.5, 0.6) is 0 Å². The van der Waals surface area contributed by atoms with Crippen LogP contribution in [0.15, 0.2) is 0 Å². The van der Waals surface area contributed by atoms with E-state index < -0.39 is 18.0 Å². The summed E-state index contributed by atoms with van der Waals surface area (Å²) in [7, 11) is 0. The van der Waals surface area contributed by atoms with Crippen LogP contribution in [0.2, 0.25) is 0 Å². The third kappa shape index (κ3) is 3.43. The van der Waals surface area contributed by atoms with E-state index in [0.29, 0.717) is 0 Å². The summed E-state index contributed by atoms with van der Waals surface area (Å²) in [4.78, 5) is 23.1. The molecule has 0 radical (unpaired) electrons. The minimum absolute atomic E-state index is 0.0510. The first-order valence-corrected chi connectivity index (χ1v) is 6.91. The summed E-state index contributed by atoms with van der Waals surface area (Å²) >= 11 is 0. The summed E-state index contributed by atoms with van der Waals surface area (Å²) in [6.07, 6.45) is 5.77. The maximum absolute atomic E-state index is 13.7. The van der Waals surface area contributed by atoms with Crippen LogP contribution in [0, 0.1) is 0 Å². The van der Waals surface area contributed by atoms with Crippen molar-refractivity contribution in [3.63, 3.8) is 0 Å². The Balaban J connectivity index is 1.75. The van der Waals surface area contributed by atoms with Gasteiger partial charge in [-0.25, -0.2) is 4.39 Å². The Kier molecular flexibility index (Phi) is 4.55. The Morgan fingerprint density at radius 3 is 1.50 bits per heavy atom. The van der Waals surface area contributed by atoms with Gasteiger partial charge in [-0.1, -0.05) is 25.7 Å². The highest BCUT2D eigenvalue weighted by atomic mass is 19.1. The molecule has 0 unspecified atom stereocenters. The van der Waals surface area contributed by atoms with Crippen LogP contribution < -0.4 is 10.6 Å². The predicted octanol–water partition coefficient (Wildman–Crippen LogP) is 1.44. The third-order valence-corrected chi connectivity index (χ3v) is 3.86. The van der Waals surface area contributed by atoms with E-state index in [1.165, 1.54) is 0 Å². The zero-order valence-corrected chi connectivity index (χ0v) is 10.6. The average Bonchev–Trinajstić information content (AvgIpc) is 3.01.